The maximum Gasteiger partial charge on any atom is 0.401 e. The van der Waals surface area contributed by atoms with E-state index in [4.69, 9.17) is 9.47 Å². The Morgan fingerprint density at radius 3 is 2.59 bits per heavy atom. The highest BCUT2D eigenvalue weighted by molar-refractivity contribution is 5.79. The van der Waals surface area contributed by atoms with Crippen molar-refractivity contribution in [3.8, 4) is 11.5 Å². The van der Waals surface area contributed by atoms with Crippen molar-refractivity contribution < 1.29 is 22.6 Å². The largest absolute Gasteiger partial charge is 0.497 e. The second-order valence-electron chi connectivity index (χ2n) is 6.19. The molecule has 0 radical (unpaired) electrons. The van der Waals surface area contributed by atoms with Crippen LogP contribution in [-0.4, -0.2) is 70.5 Å². The second kappa shape index (κ2) is 11.5. The zero-order chi connectivity index (χ0) is 20.3. The van der Waals surface area contributed by atoms with Gasteiger partial charge in [0.25, 0.3) is 0 Å². The highest BCUT2D eigenvalue weighted by Crippen LogP contribution is 2.19. The number of ether oxygens (including phenoxy) is 2. The van der Waals surface area contributed by atoms with Gasteiger partial charge in [-0.05, 0) is 39.1 Å². The first-order valence-electron chi connectivity index (χ1n) is 8.74. The fraction of sp³-hybridized carbons (Fsp3) is 0.611. The zero-order valence-electron chi connectivity index (χ0n) is 16.3. The van der Waals surface area contributed by atoms with Crippen LogP contribution in [0.3, 0.4) is 0 Å². The fourth-order valence-electron chi connectivity index (χ4n) is 2.35. The number of aliphatic imine (C=N–C) groups is 1. The summed E-state index contributed by atoms with van der Waals surface area (Å²) in [5.74, 6) is 2.01. The van der Waals surface area contributed by atoms with E-state index >= 15 is 0 Å². The Balaban J connectivity index is 2.27. The van der Waals surface area contributed by atoms with E-state index in [1.165, 1.54) is 11.9 Å². The molecule has 1 rings (SSSR count). The first-order chi connectivity index (χ1) is 12.7. The van der Waals surface area contributed by atoms with Gasteiger partial charge in [-0.15, -0.1) is 0 Å². The van der Waals surface area contributed by atoms with Gasteiger partial charge in [-0.1, -0.05) is 6.07 Å². The summed E-state index contributed by atoms with van der Waals surface area (Å²) in [6.45, 7) is 2.40. The first kappa shape index (κ1) is 22.9. The third-order valence-corrected chi connectivity index (χ3v) is 3.62. The number of nitrogens with zero attached hydrogens (tertiary/aromatic N) is 2. The summed E-state index contributed by atoms with van der Waals surface area (Å²) in [6, 6.07) is 7.35. The van der Waals surface area contributed by atoms with Gasteiger partial charge < -0.3 is 20.1 Å². The van der Waals surface area contributed by atoms with Gasteiger partial charge in [-0.2, -0.15) is 13.2 Å². The lowest BCUT2D eigenvalue weighted by atomic mass is 10.3. The number of guanidine groups is 1. The molecular formula is C18H29F3N4O2. The molecule has 27 heavy (non-hydrogen) atoms. The number of alkyl halides is 3. The maximum atomic E-state index is 12.3. The molecule has 0 saturated carbocycles. The molecule has 1 atom stereocenters. The van der Waals surface area contributed by atoms with Gasteiger partial charge in [0, 0.05) is 19.7 Å². The number of benzene rings is 1. The van der Waals surface area contributed by atoms with Crippen LogP contribution in [0.1, 0.15) is 13.3 Å². The quantitative estimate of drug-likeness (QED) is 0.365. The molecule has 0 saturated heterocycles. The Kier molecular flexibility index (Phi) is 9.77. The van der Waals surface area contributed by atoms with Crippen molar-refractivity contribution in [3.05, 3.63) is 24.3 Å². The highest BCUT2D eigenvalue weighted by atomic mass is 19.4. The van der Waals surface area contributed by atoms with Crippen LogP contribution in [0.5, 0.6) is 11.5 Å². The molecule has 6 nitrogen and oxygen atoms in total. The molecule has 9 heteroatoms. The smallest absolute Gasteiger partial charge is 0.401 e. The minimum Gasteiger partial charge on any atom is -0.497 e. The summed E-state index contributed by atoms with van der Waals surface area (Å²) in [6.07, 6.45) is -3.71. The molecule has 0 spiro atoms. The minimum absolute atomic E-state index is 0.117. The van der Waals surface area contributed by atoms with Crippen LogP contribution in [0.25, 0.3) is 0 Å². The Morgan fingerprint density at radius 1 is 1.26 bits per heavy atom. The maximum absolute atomic E-state index is 12.3. The second-order valence-corrected chi connectivity index (χ2v) is 6.19. The Bertz CT molecular complexity index is 582. The van der Waals surface area contributed by atoms with Crippen molar-refractivity contribution in [2.24, 2.45) is 4.99 Å². The molecule has 0 aliphatic carbocycles. The van der Waals surface area contributed by atoms with E-state index in [9.17, 15) is 13.2 Å². The van der Waals surface area contributed by atoms with Crippen molar-refractivity contribution >= 4 is 5.96 Å². The van der Waals surface area contributed by atoms with Crippen LogP contribution in [0.15, 0.2) is 29.3 Å². The predicted molar refractivity (Wildman–Crippen MR) is 101 cm³/mol. The number of hydrogen-bond acceptors (Lipinski definition) is 4. The molecule has 0 bridgehead atoms. The lowest BCUT2D eigenvalue weighted by Crippen LogP contribution is -2.42. The molecule has 0 heterocycles. The lowest BCUT2D eigenvalue weighted by molar-refractivity contribution is -0.143. The molecule has 0 aromatic heterocycles. The average Bonchev–Trinajstić information content (AvgIpc) is 2.59. The van der Waals surface area contributed by atoms with E-state index in [1.807, 2.05) is 25.1 Å². The molecule has 154 valence electrons. The van der Waals surface area contributed by atoms with E-state index in [-0.39, 0.29) is 6.10 Å². The van der Waals surface area contributed by atoms with Crippen molar-refractivity contribution in [2.45, 2.75) is 25.6 Å². The molecule has 1 aromatic rings. The van der Waals surface area contributed by atoms with E-state index in [0.29, 0.717) is 37.8 Å². The predicted octanol–water partition coefficient (Wildman–Crippen LogP) is 2.51. The third kappa shape index (κ3) is 10.5. The Morgan fingerprint density at radius 2 is 1.96 bits per heavy atom. The summed E-state index contributed by atoms with van der Waals surface area (Å²) in [4.78, 5) is 5.35. The number of halogens is 3. The monoisotopic (exact) mass is 390 g/mol. The molecule has 1 unspecified atom stereocenters. The normalized spacial score (nSPS) is 13.4. The summed E-state index contributed by atoms with van der Waals surface area (Å²) < 4.78 is 47.8. The van der Waals surface area contributed by atoms with E-state index in [1.54, 1.807) is 20.2 Å². The van der Waals surface area contributed by atoms with Gasteiger partial charge in [0.1, 0.15) is 17.6 Å². The summed E-state index contributed by atoms with van der Waals surface area (Å²) in [5, 5.41) is 6.21. The van der Waals surface area contributed by atoms with Crippen LogP contribution >= 0.6 is 0 Å². The van der Waals surface area contributed by atoms with Crippen LogP contribution in [-0.2, 0) is 0 Å². The van der Waals surface area contributed by atoms with Crippen LogP contribution in [0.4, 0.5) is 13.2 Å². The number of nitrogens with one attached hydrogen (secondary N) is 2. The van der Waals surface area contributed by atoms with Gasteiger partial charge in [0.15, 0.2) is 5.96 Å². The van der Waals surface area contributed by atoms with E-state index < -0.39 is 12.7 Å². The number of rotatable bonds is 10. The number of methoxy groups -OCH3 is 1. The average molecular weight is 390 g/mol. The molecule has 2 N–H and O–H groups in total. The lowest BCUT2D eigenvalue weighted by Gasteiger charge is -2.20. The van der Waals surface area contributed by atoms with Gasteiger partial charge in [0.05, 0.1) is 20.2 Å². The molecule has 0 aliphatic rings. The molecule has 0 fully saturated rings. The van der Waals surface area contributed by atoms with Crippen LogP contribution < -0.4 is 20.1 Å². The van der Waals surface area contributed by atoms with Crippen LogP contribution in [0.2, 0.25) is 0 Å². The Hall–Kier alpha value is -2.16. The highest BCUT2D eigenvalue weighted by Gasteiger charge is 2.28. The van der Waals surface area contributed by atoms with Crippen LogP contribution in [0, 0.1) is 0 Å². The van der Waals surface area contributed by atoms with Gasteiger partial charge in [-0.25, -0.2) is 0 Å². The van der Waals surface area contributed by atoms with Crippen molar-refractivity contribution in [2.75, 3.05) is 47.4 Å². The van der Waals surface area contributed by atoms with Gasteiger partial charge in [0.2, 0.25) is 0 Å². The zero-order valence-corrected chi connectivity index (χ0v) is 16.3. The summed E-state index contributed by atoms with van der Waals surface area (Å²) in [5.41, 5.74) is 0. The summed E-state index contributed by atoms with van der Waals surface area (Å²) >= 11 is 0. The first-order valence-corrected chi connectivity index (χ1v) is 8.74. The molecule has 0 aliphatic heterocycles. The van der Waals surface area contributed by atoms with Crippen molar-refractivity contribution in [1.82, 2.24) is 15.5 Å². The van der Waals surface area contributed by atoms with Crippen molar-refractivity contribution in [3.63, 3.8) is 0 Å². The minimum atomic E-state index is -4.17. The third-order valence-electron chi connectivity index (χ3n) is 3.62. The fourth-order valence-corrected chi connectivity index (χ4v) is 2.35. The SMILES string of the molecule is CN=C(NCCCN(C)CC(F)(F)F)NCC(C)Oc1cccc(OC)c1. The van der Waals surface area contributed by atoms with Crippen molar-refractivity contribution in [1.29, 1.82) is 0 Å². The molecule has 1 aromatic carbocycles. The Labute approximate surface area is 158 Å². The van der Waals surface area contributed by atoms with E-state index in [2.05, 4.69) is 15.6 Å². The van der Waals surface area contributed by atoms with Gasteiger partial charge >= 0.3 is 6.18 Å². The molecular weight excluding hydrogens is 361 g/mol. The molecule has 0 amide bonds. The number of hydrogen-bond donors (Lipinski definition) is 2. The topological polar surface area (TPSA) is 58.1 Å². The summed E-state index contributed by atoms with van der Waals surface area (Å²) in [7, 11) is 4.69. The van der Waals surface area contributed by atoms with E-state index in [0.717, 1.165) is 5.75 Å². The van der Waals surface area contributed by atoms with Gasteiger partial charge in [-0.3, -0.25) is 9.89 Å². The standard InChI is InChI=1S/C18H29F3N4O2/c1-14(27-16-8-5-7-15(11-16)26-4)12-24-17(22-2)23-9-6-10-25(3)13-18(19,20)21/h5,7-8,11,14H,6,9-10,12-13H2,1-4H3,(H2,22,23,24).